The summed E-state index contributed by atoms with van der Waals surface area (Å²) in [5.41, 5.74) is 4.80. The number of aryl methyl sites for hydroxylation is 1. The average Bonchev–Trinajstić information content (AvgIpc) is 3.33. The number of nitrogens with zero attached hydrogens (tertiary/aromatic N) is 2. The van der Waals surface area contributed by atoms with Crippen LogP contribution in [0.5, 0.6) is 0 Å². The van der Waals surface area contributed by atoms with Gasteiger partial charge in [0.05, 0.1) is 17.2 Å². The molecule has 6 nitrogen and oxygen atoms in total. The van der Waals surface area contributed by atoms with Crippen molar-refractivity contribution in [2.45, 2.75) is 19.9 Å². The van der Waals surface area contributed by atoms with Crippen LogP contribution in [-0.4, -0.2) is 59.9 Å². The number of carbonyl (C=O) groups is 2. The smallest absolute Gasteiger partial charge is 0.255 e. The summed E-state index contributed by atoms with van der Waals surface area (Å²) in [6.45, 7) is 3.56. The lowest BCUT2D eigenvalue weighted by Gasteiger charge is -2.28. The number of methoxy groups -OCH3 is 1. The predicted octanol–water partition coefficient (Wildman–Crippen LogP) is 5.49. The highest BCUT2D eigenvalue weighted by Gasteiger charge is 2.24. The monoisotopic (exact) mass is 517 g/mol. The predicted molar refractivity (Wildman–Crippen MR) is 148 cm³/mol. The van der Waals surface area contributed by atoms with E-state index in [1.165, 1.54) is 4.90 Å². The molecule has 37 heavy (non-hydrogen) atoms. The number of hydrogen-bond acceptors (Lipinski definition) is 3. The SMILES string of the molecule is COCCN(CC(=O)N(CCc1c[nH]c2ccccc12)Cc1ccc(C)cc1)C(=O)c1ccccc1Cl. The van der Waals surface area contributed by atoms with Crippen LogP contribution in [0.1, 0.15) is 27.0 Å². The van der Waals surface area contributed by atoms with Gasteiger partial charge in [0.15, 0.2) is 0 Å². The van der Waals surface area contributed by atoms with Gasteiger partial charge >= 0.3 is 0 Å². The number of aromatic amines is 1. The normalized spacial score (nSPS) is 11.0. The number of nitrogens with one attached hydrogen (secondary N) is 1. The van der Waals surface area contributed by atoms with Gasteiger partial charge in [-0.15, -0.1) is 0 Å². The molecule has 0 bridgehead atoms. The minimum Gasteiger partial charge on any atom is -0.383 e. The van der Waals surface area contributed by atoms with E-state index in [0.29, 0.717) is 36.7 Å². The largest absolute Gasteiger partial charge is 0.383 e. The van der Waals surface area contributed by atoms with Crippen LogP contribution in [0.15, 0.2) is 79.0 Å². The molecule has 0 spiro atoms. The summed E-state index contributed by atoms with van der Waals surface area (Å²) in [6.07, 6.45) is 2.70. The van der Waals surface area contributed by atoms with Crippen molar-refractivity contribution in [3.63, 3.8) is 0 Å². The van der Waals surface area contributed by atoms with Crippen molar-refractivity contribution in [3.05, 3.63) is 106 Å². The molecular weight excluding hydrogens is 486 g/mol. The van der Waals surface area contributed by atoms with Gasteiger partial charge in [0.2, 0.25) is 5.91 Å². The molecule has 1 aromatic heterocycles. The summed E-state index contributed by atoms with van der Waals surface area (Å²) >= 11 is 6.29. The Kier molecular flexibility index (Phi) is 8.99. The van der Waals surface area contributed by atoms with E-state index in [2.05, 4.69) is 11.1 Å². The highest BCUT2D eigenvalue weighted by atomic mass is 35.5. The zero-order chi connectivity index (χ0) is 26.2. The molecule has 0 saturated heterocycles. The van der Waals surface area contributed by atoms with Crippen molar-refractivity contribution in [2.24, 2.45) is 0 Å². The number of amides is 2. The molecule has 1 N–H and O–H groups in total. The molecule has 0 aliphatic carbocycles. The number of hydrogen-bond donors (Lipinski definition) is 1. The first-order valence-electron chi connectivity index (χ1n) is 12.4. The Balaban J connectivity index is 1.55. The highest BCUT2D eigenvalue weighted by Crippen LogP contribution is 2.20. The van der Waals surface area contributed by atoms with Crippen molar-refractivity contribution >= 4 is 34.3 Å². The molecule has 2 amide bonds. The number of aromatic nitrogens is 1. The van der Waals surface area contributed by atoms with Gasteiger partial charge in [-0.05, 0) is 42.7 Å². The topological polar surface area (TPSA) is 65.6 Å². The second-order valence-electron chi connectivity index (χ2n) is 9.11. The molecule has 7 heteroatoms. The number of halogens is 1. The first-order chi connectivity index (χ1) is 18.0. The molecule has 0 aliphatic heterocycles. The molecule has 4 rings (SSSR count). The molecule has 0 aliphatic rings. The molecule has 0 radical (unpaired) electrons. The molecule has 4 aromatic rings. The van der Waals surface area contributed by atoms with Gasteiger partial charge in [-0.25, -0.2) is 0 Å². The molecule has 0 unspecified atom stereocenters. The fourth-order valence-electron chi connectivity index (χ4n) is 4.32. The number of carbonyl (C=O) groups excluding carboxylic acids is 2. The quantitative estimate of drug-likeness (QED) is 0.286. The summed E-state index contributed by atoms with van der Waals surface area (Å²) in [5, 5.41) is 1.51. The van der Waals surface area contributed by atoms with Gasteiger partial charge < -0.3 is 19.5 Å². The van der Waals surface area contributed by atoms with Crippen LogP contribution in [0, 0.1) is 6.92 Å². The van der Waals surface area contributed by atoms with Gasteiger partial charge in [0.1, 0.15) is 6.54 Å². The number of ether oxygens (including phenoxy) is 1. The van der Waals surface area contributed by atoms with Crippen LogP contribution in [-0.2, 0) is 22.5 Å². The van der Waals surface area contributed by atoms with Crippen LogP contribution >= 0.6 is 11.6 Å². The van der Waals surface area contributed by atoms with Gasteiger partial charge in [-0.3, -0.25) is 9.59 Å². The Morgan fingerprint density at radius 3 is 2.41 bits per heavy atom. The van der Waals surface area contributed by atoms with Crippen molar-refractivity contribution in [3.8, 4) is 0 Å². The molecule has 3 aromatic carbocycles. The summed E-state index contributed by atoms with van der Waals surface area (Å²) in [4.78, 5) is 33.7. The molecule has 0 saturated carbocycles. The molecule has 0 fully saturated rings. The number of benzene rings is 3. The number of fused-ring (bicyclic) bond motifs is 1. The molecule has 1 heterocycles. The van der Waals surface area contributed by atoms with Crippen LogP contribution in [0.4, 0.5) is 0 Å². The maximum atomic E-state index is 13.7. The molecule has 0 atom stereocenters. The standard InChI is InChI=1S/C30H32ClN3O3/c1-22-11-13-23(14-12-22)20-33(16-15-24-19-32-28-10-6-4-7-25(24)28)29(35)21-34(17-18-37-2)30(36)26-8-3-5-9-27(26)31/h3-14,19,32H,15-18,20-21H2,1-2H3. The fourth-order valence-corrected chi connectivity index (χ4v) is 4.54. The summed E-state index contributed by atoms with van der Waals surface area (Å²) in [7, 11) is 1.57. The van der Waals surface area contributed by atoms with Gasteiger partial charge in [0, 0.05) is 43.8 Å². The first kappa shape index (κ1) is 26.5. The fraction of sp³-hybridized carbons (Fsp3) is 0.267. The second-order valence-corrected chi connectivity index (χ2v) is 9.52. The van der Waals surface area contributed by atoms with Crippen LogP contribution in [0.25, 0.3) is 10.9 Å². The lowest BCUT2D eigenvalue weighted by molar-refractivity contribution is -0.132. The van der Waals surface area contributed by atoms with E-state index in [0.717, 1.165) is 27.6 Å². The Morgan fingerprint density at radius 1 is 0.919 bits per heavy atom. The number of H-pyrrole nitrogens is 1. The zero-order valence-corrected chi connectivity index (χ0v) is 22.0. The average molecular weight is 518 g/mol. The van der Waals surface area contributed by atoms with Crippen LogP contribution in [0.3, 0.4) is 0 Å². The third kappa shape index (κ3) is 6.79. The van der Waals surface area contributed by atoms with E-state index >= 15 is 0 Å². The van der Waals surface area contributed by atoms with Gasteiger partial charge in [-0.1, -0.05) is 71.8 Å². The minimum atomic E-state index is -0.289. The summed E-state index contributed by atoms with van der Waals surface area (Å²) < 4.78 is 5.22. The lowest BCUT2D eigenvalue weighted by atomic mass is 10.1. The second kappa shape index (κ2) is 12.6. The van der Waals surface area contributed by atoms with Crippen LogP contribution < -0.4 is 0 Å². The van der Waals surface area contributed by atoms with E-state index < -0.39 is 0 Å². The van der Waals surface area contributed by atoms with E-state index in [9.17, 15) is 9.59 Å². The van der Waals surface area contributed by atoms with Crippen molar-refractivity contribution in [1.29, 1.82) is 0 Å². The Bertz CT molecular complexity index is 1350. The van der Waals surface area contributed by atoms with E-state index in [-0.39, 0.29) is 24.9 Å². The van der Waals surface area contributed by atoms with E-state index in [1.54, 1.807) is 31.4 Å². The molecule has 192 valence electrons. The summed E-state index contributed by atoms with van der Waals surface area (Å²) in [5.74, 6) is -0.417. The maximum Gasteiger partial charge on any atom is 0.255 e. The molecular formula is C30H32ClN3O3. The lowest BCUT2D eigenvalue weighted by Crippen LogP contribution is -2.44. The Morgan fingerprint density at radius 2 is 1.65 bits per heavy atom. The van der Waals surface area contributed by atoms with Crippen molar-refractivity contribution < 1.29 is 14.3 Å². The van der Waals surface area contributed by atoms with Crippen LogP contribution in [0.2, 0.25) is 5.02 Å². The first-order valence-corrected chi connectivity index (χ1v) is 12.7. The number of rotatable bonds is 11. The van der Waals surface area contributed by atoms with Crippen molar-refractivity contribution in [2.75, 3.05) is 33.4 Å². The zero-order valence-electron chi connectivity index (χ0n) is 21.2. The Hall–Kier alpha value is -3.61. The van der Waals surface area contributed by atoms with E-state index in [4.69, 9.17) is 16.3 Å². The maximum absolute atomic E-state index is 13.7. The van der Waals surface area contributed by atoms with Gasteiger partial charge in [-0.2, -0.15) is 0 Å². The highest BCUT2D eigenvalue weighted by molar-refractivity contribution is 6.33. The minimum absolute atomic E-state index is 0.0623. The van der Waals surface area contributed by atoms with Crippen molar-refractivity contribution in [1.82, 2.24) is 14.8 Å². The summed E-state index contributed by atoms with van der Waals surface area (Å²) in [6, 6.07) is 23.2. The third-order valence-electron chi connectivity index (χ3n) is 6.46. The Labute approximate surface area is 222 Å². The third-order valence-corrected chi connectivity index (χ3v) is 6.79. The van der Waals surface area contributed by atoms with E-state index in [1.807, 2.05) is 60.5 Å². The van der Waals surface area contributed by atoms with Gasteiger partial charge in [0.25, 0.3) is 5.91 Å². The number of para-hydroxylation sites is 1.